The molecule has 1 saturated heterocycles. The Morgan fingerprint density at radius 3 is 2.42 bits per heavy atom. The number of Topliss-reactive ketones (excluding diaryl/α,β-unsaturated/α-hetero) is 1. The van der Waals surface area contributed by atoms with E-state index in [0.29, 0.717) is 17.2 Å². The van der Waals surface area contributed by atoms with Gasteiger partial charge in [0.2, 0.25) is 0 Å². The first kappa shape index (κ1) is 25.3. The number of carbonyl (C=O) groups is 2. The van der Waals surface area contributed by atoms with E-state index in [1.807, 2.05) is 0 Å². The van der Waals surface area contributed by atoms with Crippen LogP contribution in [-0.2, 0) is 22.3 Å². The van der Waals surface area contributed by atoms with E-state index >= 15 is 0 Å². The predicted molar refractivity (Wildman–Crippen MR) is 128 cm³/mol. The molecule has 1 heterocycles. The maximum Gasteiger partial charge on any atom is 0.416 e. The van der Waals surface area contributed by atoms with Gasteiger partial charge in [-0.15, -0.1) is 0 Å². The van der Waals surface area contributed by atoms with Gasteiger partial charge in [-0.05, 0) is 48.4 Å². The number of hydrogen-bond acceptors (Lipinski definition) is 4. The number of alkyl halides is 3. The molecule has 1 N–H and O–H groups in total. The molecule has 0 spiro atoms. The van der Waals surface area contributed by atoms with Crippen LogP contribution in [0.25, 0.3) is 5.76 Å². The van der Waals surface area contributed by atoms with Gasteiger partial charge < -0.3 is 14.7 Å². The van der Waals surface area contributed by atoms with Crippen molar-refractivity contribution in [3.05, 3.63) is 106 Å². The molecule has 0 aromatic heterocycles. The molecule has 1 amide bonds. The predicted octanol–water partition coefficient (Wildman–Crippen LogP) is 6.38. The van der Waals surface area contributed by atoms with Crippen molar-refractivity contribution in [2.45, 2.75) is 25.7 Å². The zero-order valence-electron chi connectivity index (χ0n) is 19.1. The van der Waals surface area contributed by atoms with Crippen molar-refractivity contribution in [2.75, 3.05) is 6.61 Å². The standard InChI is InChI=1S/C27H21ClF3NO4/c1-2-36-21-14-18(11-12-20(21)28)24(33)22-23(17-8-4-3-5-9-17)32(26(35)25(22)34)15-16-7-6-10-19(13-16)27(29,30)31/h3-14,23,33H,2,15H2,1H3/b24-22+. The summed E-state index contributed by atoms with van der Waals surface area (Å²) in [6.45, 7) is 1.81. The highest BCUT2D eigenvalue weighted by Gasteiger charge is 2.46. The van der Waals surface area contributed by atoms with Crippen LogP contribution in [0.5, 0.6) is 5.75 Å². The summed E-state index contributed by atoms with van der Waals surface area (Å²) in [7, 11) is 0. The second-order valence-corrected chi connectivity index (χ2v) is 8.52. The highest BCUT2D eigenvalue weighted by molar-refractivity contribution is 6.46. The zero-order valence-corrected chi connectivity index (χ0v) is 19.8. The van der Waals surface area contributed by atoms with E-state index in [9.17, 15) is 27.9 Å². The maximum atomic E-state index is 13.2. The van der Waals surface area contributed by atoms with Crippen LogP contribution in [0.1, 0.15) is 35.2 Å². The molecule has 3 aromatic rings. The van der Waals surface area contributed by atoms with E-state index in [2.05, 4.69) is 0 Å². The van der Waals surface area contributed by atoms with Gasteiger partial charge >= 0.3 is 6.18 Å². The molecule has 3 aromatic carbocycles. The monoisotopic (exact) mass is 515 g/mol. The first-order valence-corrected chi connectivity index (χ1v) is 11.4. The van der Waals surface area contributed by atoms with E-state index in [1.54, 1.807) is 37.3 Å². The Hall–Kier alpha value is -3.78. The van der Waals surface area contributed by atoms with Crippen LogP contribution in [-0.4, -0.2) is 28.3 Å². The first-order valence-electron chi connectivity index (χ1n) is 11.0. The number of ether oxygens (including phenoxy) is 1. The van der Waals surface area contributed by atoms with Crippen LogP contribution in [0.15, 0.2) is 78.4 Å². The summed E-state index contributed by atoms with van der Waals surface area (Å²) in [5.74, 6) is -2.02. The molecular weight excluding hydrogens is 495 g/mol. The molecule has 1 unspecified atom stereocenters. The lowest BCUT2D eigenvalue weighted by atomic mass is 9.95. The second kappa shape index (κ2) is 10.1. The average Bonchev–Trinajstić information content (AvgIpc) is 3.10. The fraction of sp³-hybridized carbons (Fsp3) is 0.185. The molecule has 1 aliphatic rings. The first-order chi connectivity index (χ1) is 17.1. The van der Waals surface area contributed by atoms with E-state index < -0.39 is 35.2 Å². The van der Waals surface area contributed by atoms with Crippen molar-refractivity contribution in [3.8, 4) is 5.75 Å². The maximum absolute atomic E-state index is 13.2. The van der Waals surface area contributed by atoms with Gasteiger partial charge in [-0.25, -0.2) is 0 Å². The van der Waals surface area contributed by atoms with Crippen LogP contribution >= 0.6 is 11.6 Å². The van der Waals surface area contributed by atoms with E-state index in [1.165, 1.54) is 30.3 Å². The Morgan fingerprint density at radius 1 is 1.03 bits per heavy atom. The fourth-order valence-electron chi connectivity index (χ4n) is 4.14. The molecule has 0 saturated carbocycles. The smallest absolute Gasteiger partial charge is 0.416 e. The largest absolute Gasteiger partial charge is 0.507 e. The molecule has 36 heavy (non-hydrogen) atoms. The molecule has 1 fully saturated rings. The number of nitrogens with zero attached hydrogens (tertiary/aromatic N) is 1. The third-order valence-electron chi connectivity index (χ3n) is 5.77. The minimum Gasteiger partial charge on any atom is -0.507 e. The van der Waals surface area contributed by atoms with Crippen LogP contribution in [0.3, 0.4) is 0 Å². The summed E-state index contributed by atoms with van der Waals surface area (Å²) >= 11 is 6.14. The van der Waals surface area contributed by atoms with Gasteiger partial charge in [-0.2, -0.15) is 13.2 Å². The molecule has 0 aliphatic carbocycles. The summed E-state index contributed by atoms with van der Waals surface area (Å²) in [4.78, 5) is 27.4. The Morgan fingerprint density at radius 2 is 1.75 bits per heavy atom. The molecular formula is C27H21ClF3NO4. The zero-order chi connectivity index (χ0) is 26.0. The number of amides is 1. The fourth-order valence-corrected chi connectivity index (χ4v) is 4.31. The van der Waals surface area contributed by atoms with Gasteiger partial charge in [-0.3, -0.25) is 9.59 Å². The van der Waals surface area contributed by atoms with Crippen molar-refractivity contribution in [2.24, 2.45) is 0 Å². The van der Waals surface area contributed by atoms with Gasteiger partial charge in [0, 0.05) is 12.1 Å². The normalized spacial score (nSPS) is 17.5. The molecule has 9 heteroatoms. The van der Waals surface area contributed by atoms with Crippen molar-refractivity contribution >= 4 is 29.1 Å². The van der Waals surface area contributed by atoms with Gasteiger partial charge in [0.15, 0.2) is 0 Å². The van der Waals surface area contributed by atoms with E-state index in [4.69, 9.17) is 16.3 Å². The van der Waals surface area contributed by atoms with Gasteiger partial charge in [0.1, 0.15) is 11.5 Å². The number of ketones is 1. The van der Waals surface area contributed by atoms with Crippen molar-refractivity contribution < 1.29 is 32.6 Å². The van der Waals surface area contributed by atoms with Crippen molar-refractivity contribution in [1.82, 2.24) is 4.90 Å². The minimum absolute atomic E-state index is 0.178. The van der Waals surface area contributed by atoms with Crippen LogP contribution in [0.2, 0.25) is 5.02 Å². The molecule has 186 valence electrons. The number of halogens is 4. The number of rotatable bonds is 6. The Bertz CT molecular complexity index is 1340. The van der Waals surface area contributed by atoms with E-state index in [0.717, 1.165) is 17.0 Å². The summed E-state index contributed by atoms with van der Waals surface area (Å²) in [5, 5.41) is 11.5. The summed E-state index contributed by atoms with van der Waals surface area (Å²) in [6, 6.07) is 16.5. The Kier molecular flexibility index (Phi) is 7.08. The number of likely N-dealkylation sites (tertiary alicyclic amines) is 1. The Labute approximate surface area is 210 Å². The summed E-state index contributed by atoms with van der Waals surface area (Å²) < 4.78 is 45.2. The molecule has 5 nitrogen and oxygen atoms in total. The van der Waals surface area contributed by atoms with Crippen LogP contribution < -0.4 is 4.74 Å². The van der Waals surface area contributed by atoms with Crippen LogP contribution in [0.4, 0.5) is 13.2 Å². The van der Waals surface area contributed by atoms with Gasteiger partial charge in [0.25, 0.3) is 11.7 Å². The quantitative estimate of drug-likeness (QED) is 0.235. The third-order valence-corrected chi connectivity index (χ3v) is 6.08. The number of benzene rings is 3. The highest BCUT2D eigenvalue weighted by Crippen LogP contribution is 2.41. The molecule has 0 radical (unpaired) electrons. The minimum atomic E-state index is -4.56. The third kappa shape index (κ3) is 4.95. The highest BCUT2D eigenvalue weighted by atomic mass is 35.5. The van der Waals surface area contributed by atoms with Crippen molar-refractivity contribution in [3.63, 3.8) is 0 Å². The summed E-state index contributed by atoms with van der Waals surface area (Å²) in [6.07, 6.45) is -4.56. The molecule has 1 atom stereocenters. The van der Waals surface area contributed by atoms with Crippen molar-refractivity contribution in [1.29, 1.82) is 0 Å². The van der Waals surface area contributed by atoms with Gasteiger partial charge in [-0.1, -0.05) is 54.1 Å². The lowest BCUT2D eigenvalue weighted by Crippen LogP contribution is -2.29. The SMILES string of the molecule is CCOc1cc(/C(O)=C2\C(=O)C(=O)N(Cc3cccc(C(F)(F)F)c3)C2c2ccccc2)ccc1Cl. The number of aliphatic hydroxyl groups excluding tert-OH is 1. The van der Waals surface area contributed by atoms with Gasteiger partial charge in [0.05, 0.1) is 28.8 Å². The number of carbonyl (C=O) groups excluding carboxylic acids is 2. The lowest BCUT2D eigenvalue weighted by Gasteiger charge is -2.25. The molecule has 1 aliphatic heterocycles. The molecule has 4 rings (SSSR count). The topological polar surface area (TPSA) is 66.8 Å². The Balaban J connectivity index is 1.83. The number of hydrogen-bond donors (Lipinski definition) is 1. The van der Waals surface area contributed by atoms with E-state index in [-0.39, 0.29) is 29.0 Å². The number of aliphatic hydroxyl groups is 1. The van der Waals surface area contributed by atoms with Crippen LogP contribution in [0, 0.1) is 0 Å². The molecule has 0 bridgehead atoms. The lowest BCUT2D eigenvalue weighted by molar-refractivity contribution is -0.140. The summed E-state index contributed by atoms with van der Waals surface area (Å²) in [5.41, 5.74) is -0.122. The average molecular weight is 516 g/mol. The second-order valence-electron chi connectivity index (χ2n) is 8.11.